The van der Waals surface area contributed by atoms with E-state index in [9.17, 15) is 8.78 Å². The zero-order valence-corrected chi connectivity index (χ0v) is 19.6. The minimum Gasteiger partial charge on any atom is -0.475 e. The fourth-order valence-corrected chi connectivity index (χ4v) is 2.58. The Bertz CT molecular complexity index is 815. The molecule has 1 heterocycles. The highest BCUT2D eigenvalue weighted by molar-refractivity contribution is 14.0. The van der Waals surface area contributed by atoms with Gasteiger partial charge >= 0.3 is 6.61 Å². The summed E-state index contributed by atoms with van der Waals surface area (Å²) in [6.07, 6.45) is 1.64. The van der Waals surface area contributed by atoms with Crippen LogP contribution in [0.4, 0.5) is 8.78 Å². The van der Waals surface area contributed by atoms with E-state index in [2.05, 4.69) is 25.3 Å². The number of methoxy groups -OCH3 is 1. The van der Waals surface area contributed by atoms with Crippen LogP contribution in [0.5, 0.6) is 11.6 Å². The number of alkyl halides is 2. The summed E-state index contributed by atoms with van der Waals surface area (Å²) in [4.78, 5) is 8.34. The molecule has 0 fully saturated rings. The maximum Gasteiger partial charge on any atom is 0.387 e. The Labute approximate surface area is 196 Å². The number of hydrogen-bond acceptors (Lipinski definition) is 5. The number of aliphatic imine (C=N–C) groups is 1. The molecule has 0 aliphatic carbocycles. The summed E-state index contributed by atoms with van der Waals surface area (Å²) in [5.74, 6) is 1.00. The molecule has 2 rings (SSSR count). The van der Waals surface area contributed by atoms with E-state index in [4.69, 9.17) is 21.1 Å². The van der Waals surface area contributed by atoms with Crippen LogP contribution >= 0.6 is 35.6 Å². The predicted octanol–water partition coefficient (Wildman–Crippen LogP) is 3.84. The number of nitrogens with one attached hydrogen (secondary N) is 2. The van der Waals surface area contributed by atoms with Gasteiger partial charge in [-0.3, -0.25) is 4.99 Å². The molecule has 7 nitrogen and oxygen atoms in total. The number of hydrogen-bond donors (Lipinski definition) is 2. The lowest BCUT2D eigenvalue weighted by Gasteiger charge is -2.16. The Morgan fingerprint density at radius 3 is 2.57 bits per heavy atom. The van der Waals surface area contributed by atoms with Crippen LogP contribution in [-0.4, -0.2) is 44.9 Å². The van der Waals surface area contributed by atoms with Gasteiger partial charge < -0.3 is 24.8 Å². The highest BCUT2D eigenvalue weighted by atomic mass is 127. The summed E-state index contributed by atoms with van der Waals surface area (Å²) in [7, 11) is 3.20. The molecule has 0 aliphatic rings. The van der Waals surface area contributed by atoms with Gasteiger partial charge in [0.05, 0.1) is 6.61 Å². The molecule has 0 aliphatic heterocycles. The number of nitrogens with zero attached hydrogens (tertiary/aromatic N) is 2. The Morgan fingerprint density at radius 1 is 1.17 bits per heavy atom. The van der Waals surface area contributed by atoms with Crippen LogP contribution in [0.15, 0.2) is 41.5 Å². The van der Waals surface area contributed by atoms with Crippen LogP contribution in [0.1, 0.15) is 11.1 Å². The van der Waals surface area contributed by atoms with Gasteiger partial charge in [-0.15, -0.1) is 24.0 Å². The molecule has 0 unspecified atom stereocenters. The van der Waals surface area contributed by atoms with E-state index in [-0.39, 0.29) is 36.3 Å². The van der Waals surface area contributed by atoms with Crippen molar-refractivity contribution in [3.63, 3.8) is 0 Å². The SMILES string of the molecule is CN=C(NCc1cc(Cl)ccc1OC(F)F)NCc1cccnc1OCCOC.I. The molecule has 2 aromatic rings. The van der Waals surface area contributed by atoms with Crippen molar-refractivity contribution in [2.24, 2.45) is 4.99 Å². The van der Waals surface area contributed by atoms with Gasteiger partial charge in [-0.1, -0.05) is 17.7 Å². The van der Waals surface area contributed by atoms with Gasteiger partial charge in [-0.2, -0.15) is 8.78 Å². The van der Waals surface area contributed by atoms with Gasteiger partial charge in [0.25, 0.3) is 0 Å². The van der Waals surface area contributed by atoms with Gasteiger partial charge in [0, 0.05) is 49.6 Å². The third-order valence-electron chi connectivity index (χ3n) is 3.73. The van der Waals surface area contributed by atoms with E-state index in [0.717, 1.165) is 5.56 Å². The van der Waals surface area contributed by atoms with Crippen molar-refractivity contribution in [3.8, 4) is 11.6 Å². The maximum atomic E-state index is 12.6. The smallest absolute Gasteiger partial charge is 0.387 e. The topological polar surface area (TPSA) is 77.0 Å². The van der Waals surface area contributed by atoms with Crippen molar-refractivity contribution >= 4 is 41.5 Å². The Kier molecular flexibility index (Phi) is 12.3. The average Bonchev–Trinajstić information content (AvgIpc) is 2.70. The number of benzene rings is 1. The Balaban J connectivity index is 0.00000450. The van der Waals surface area contributed by atoms with Gasteiger partial charge in [0.15, 0.2) is 5.96 Å². The number of halogens is 4. The van der Waals surface area contributed by atoms with E-state index in [1.165, 1.54) is 12.1 Å². The lowest BCUT2D eigenvalue weighted by Crippen LogP contribution is -2.36. The maximum absolute atomic E-state index is 12.6. The van der Waals surface area contributed by atoms with Crippen LogP contribution in [-0.2, 0) is 17.8 Å². The minimum atomic E-state index is -2.92. The highest BCUT2D eigenvalue weighted by Gasteiger charge is 2.11. The molecular weight excluding hydrogens is 533 g/mol. The first-order chi connectivity index (χ1) is 14.0. The van der Waals surface area contributed by atoms with Crippen LogP contribution in [0.25, 0.3) is 0 Å². The molecule has 0 spiro atoms. The molecule has 0 atom stereocenters. The third kappa shape index (κ3) is 8.84. The van der Waals surface area contributed by atoms with E-state index >= 15 is 0 Å². The van der Waals surface area contributed by atoms with Gasteiger partial charge in [0.1, 0.15) is 12.4 Å². The highest BCUT2D eigenvalue weighted by Crippen LogP contribution is 2.24. The summed E-state index contributed by atoms with van der Waals surface area (Å²) >= 11 is 5.97. The first kappa shape index (κ1) is 26.1. The number of aromatic nitrogens is 1. The summed E-state index contributed by atoms with van der Waals surface area (Å²) in [5.41, 5.74) is 1.31. The van der Waals surface area contributed by atoms with Crippen molar-refractivity contribution in [2.45, 2.75) is 19.7 Å². The van der Waals surface area contributed by atoms with Gasteiger partial charge in [-0.05, 0) is 24.3 Å². The largest absolute Gasteiger partial charge is 0.475 e. The minimum absolute atomic E-state index is 0. The molecule has 11 heteroatoms. The fraction of sp³-hybridized carbons (Fsp3) is 0.368. The molecule has 1 aromatic carbocycles. The van der Waals surface area contributed by atoms with Crippen molar-refractivity contribution in [2.75, 3.05) is 27.4 Å². The standard InChI is InChI=1S/C19H23ClF2N4O3.HI/c1-23-19(25-11-13-4-3-7-24-17(13)28-9-8-27-2)26-12-14-10-15(20)5-6-16(14)29-18(21)22;/h3-7,10,18H,8-9,11-12H2,1-2H3,(H2,23,25,26);1H. The van der Waals surface area contributed by atoms with Crippen LogP contribution in [0, 0.1) is 0 Å². The second-order valence-corrected chi connectivity index (χ2v) is 6.16. The summed E-state index contributed by atoms with van der Waals surface area (Å²) < 4.78 is 40.3. The van der Waals surface area contributed by atoms with Crippen molar-refractivity contribution in [3.05, 3.63) is 52.7 Å². The average molecular weight is 557 g/mol. The lowest BCUT2D eigenvalue weighted by atomic mass is 10.2. The van der Waals surface area contributed by atoms with Crippen LogP contribution in [0.2, 0.25) is 5.02 Å². The molecule has 0 saturated carbocycles. The number of ether oxygens (including phenoxy) is 3. The second kappa shape index (κ2) is 14.1. The van der Waals surface area contributed by atoms with Crippen LogP contribution in [0.3, 0.4) is 0 Å². The van der Waals surface area contributed by atoms with Crippen LogP contribution < -0.4 is 20.1 Å². The number of guanidine groups is 1. The molecule has 0 amide bonds. The molecule has 0 radical (unpaired) electrons. The van der Waals surface area contributed by atoms with E-state index in [0.29, 0.717) is 42.2 Å². The van der Waals surface area contributed by atoms with Crippen molar-refractivity contribution in [1.29, 1.82) is 0 Å². The molecule has 166 valence electrons. The predicted molar refractivity (Wildman–Crippen MR) is 122 cm³/mol. The summed E-state index contributed by atoms with van der Waals surface area (Å²) in [5, 5.41) is 6.59. The zero-order chi connectivity index (χ0) is 21.1. The van der Waals surface area contributed by atoms with E-state index in [1.54, 1.807) is 32.5 Å². The lowest BCUT2D eigenvalue weighted by molar-refractivity contribution is -0.0504. The van der Waals surface area contributed by atoms with Gasteiger partial charge in [-0.25, -0.2) is 4.98 Å². The molecule has 0 saturated heterocycles. The summed E-state index contributed by atoms with van der Waals surface area (Å²) in [6.45, 7) is -1.50. The van der Waals surface area contributed by atoms with E-state index < -0.39 is 6.61 Å². The molecule has 1 aromatic heterocycles. The van der Waals surface area contributed by atoms with Gasteiger partial charge in [0.2, 0.25) is 5.88 Å². The second-order valence-electron chi connectivity index (χ2n) is 5.72. The monoisotopic (exact) mass is 556 g/mol. The molecule has 0 bridgehead atoms. The first-order valence-corrected chi connectivity index (χ1v) is 9.14. The Hall–Kier alpha value is -1.92. The van der Waals surface area contributed by atoms with Crippen molar-refractivity contribution in [1.82, 2.24) is 15.6 Å². The van der Waals surface area contributed by atoms with E-state index in [1.807, 2.05) is 6.07 Å². The summed E-state index contributed by atoms with van der Waals surface area (Å²) in [6, 6.07) is 8.13. The molecule has 30 heavy (non-hydrogen) atoms. The van der Waals surface area contributed by atoms with Crippen molar-refractivity contribution < 1.29 is 23.0 Å². The molecule has 2 N–H and O–H groups in total. The number of pyridine rings is 1. The Morgan fingerprint density at radius 2 is 1.90 bits per heavy atom. The normalized spacial score (nSPS) is 11.1. The third-order valence-corrected chi connectivity index (χ3v) is 3.97. The number of rotatable bonds is 10. The zero-order valence-electron chi connectivity index (χ0n) is 16.5. The fourth-order valence-electron chi connectivity index (χ4n) is 2.39. The first-order valence-electron chi connectivity index (χ1n) is 8.77. The molecular formula is C19H24ClF2IN4O3. The quantitative estimate of drug-likeness (QED) is 0.200.